The quantitative estimate of drug-likeness (QED) is 0.294. The number of anilines is 2. The van der Waals surface area contributed by atoms with Gasteiger partial charge in [-0.3, -0.25) is 29.0 Å². The van der Waals surface area contributed by atoms with Crippen LogP contribution in [0.3, 0.4) is 0 Å². The fraction of sp³-hybridized carbons (Fsp3) is 0.242. The molecule has 3 N–H and O–H groups in total. The number of nitrogens with one attached hydrogen (secondary N) is 2. The predicted molar refractivity (Wildman–Crippen MR) is 162 cm³/mol. The number of urea groups is 1. The lowest BCUT2D eigenvalue weighted by Gasteiger charge is -2.24. The molecule has 0 fully saturated rings. The first-order valence-electron chi connectivity index (χ1n) is 14.1. The van der Waals surface area contributed by atoms with E-state index in [9.17, 15) is 24.0 Å². The minimum absolute atomic E-state index is 0.0233. The average molecular weight is 581 g/mol. The molecule has 43 heavy (non-hydrogen) atoms. The van der Waals surface area contributed by atoms with E-state index in [2.05, 4.69) is 16.7 Å². The van der Waals surface area contributed by atoms with E-state index in [1.807, 2.05) is 24.3 Å². The molecule has 10 heteroatoms. The minimum Gasteiger partial charge on any atom is -0.481 e. The average Bonchev–Trinajstić information content (AvgIpc) is 3.23. The first kappa shape index (κ1) is 29.2. The number of hydrogen-bond donors (Lipinski definition) is 3. The Morgan fingerprint density at radius 1 is 0.907 bits per heavy atom. The van der Waals surface area contributed by atoms with Crippen molar-refractivity contribution in [1.82, 2.24) is 10.2 Å². The minimum atomic E-state index is -0.996. The Balaban J connectivity index is 1.37. The maximum absolute atomic E-state index is 13.7. The second-order valence-corrected chi connectivity index (χ2v) is 10.6. The van der Waals surface area contributed by atoms with Crippen LogP contribution in [-0.4, -0.2) is 53.3 Å². The molecule has 0 bridgehead atoms. The molecule has 0 spiro atoms. The van der Waals surface area contributed by atoms with Crippen molar-refractivity contribution < 1.29 is 29.1 Å². The van der Waals surface area contributed by atoms with Gasteiger partial charge in [0.2, 0.25) is 0 Å². The molecule has 10 nitrogen and oxygen atoms in total. The molecule has 0 atom stereocenters. The van der Waals surface area contributed by atoms with Gasteiger partial charge in [-0.2, -0.15) is 0 Å². The highest BCUT2D eigenvalue weighted by Crippen LogP contribution is 2.30. The Hall–Kier alpha value is -5.25. The highest BCUT2D eigenvalue weighted by atomic mass is 16.4. The number of carboxylic acid groups (broad SMARTS) is 1. The van der Waals surface area contributed by atoms with Crippen molar-refractivity contribution in [3.63, 3.8) is 0 Å². The van der Waals surface area contributed by atoms with Gasteiger partial charge in [0.1, 0.15) is 0 Å². The van der Waals surface area contributed by atoms with Crippen molar-refractivity contribution in [2.24, 2.45) is 0 Å². The van der Waals surface area contributed by atoms with Crippen LogP contribution in [0.25, 0.3) is 5.57 Å². The Morgan fingerprint density at radius 2 is 1.63 bits per heavy atom. The van der Waals surface area contributed by atoms with Crippen LogP contribution in [0.2, 0.25) is 0 Å². The zero-order chi connectivity index (χ0) is 30.5. The van der Waals surface area contributed by atoms with Crippen molar-refractivity contribution in [1.29, 1.82) is 0 Å². The van der Waals surface area contributed by atoms with Gasteiger partial charge in [0.15, 0.2) is 0 Å². The Morgan fingerprint density at radius 3 is 2.30 bits per heavy atom. The van der Waals surface area contributed by atoms with E-state index in [1.165, 1.54) is 31.2 Å². The molecule has 1 aliphatic carbocycles. The maximum Gasteiger partial charge on any atom is 0.326 e. The van der Waals surface area contributed by atoms with E-state index >= 15 is 0 Å². The summed E-state index contributed by atoms with van der Waals surface area (Å²) in [7, 11) is 1.42. The van der Waals surface area contributed by atoms with Gasteiger partial charge in [-0.25, -0.2) is 4.79 Å². The van der Waals surface area contributed by atoms with Crippen molar-refractivity contribution in [2.75, 3.05) is 23.8 Å². The zero-order valence-corrected chi connectivity index (χ0v) is 23.8. The van der Waals surface area contributed by atoms with Gasteiger partial charge in [-0.15, -0.1) is 0 Å². The molecule has 3 aromatic rings. The summed E-state index contributed by atoms with van der Waals surface area (Å²) >= 11 is 0. The summed E-state index contributed by atoms with van der Waals surface area (Å²) in [5.74, 6) is -2.19. The number of hydrogen-bond acceptors (Lipinski definition) is 5. The first-order chi connectivity index (χ1) is 20.7. The third-order valence-corrected chi connectivity index (χ3v) is 7.61. The lowest BCUT2D eigenvalue weighted by Crippen LogP contribution is -2.34. The van der Waals surface area contributed by atoms with Crippen molar-refractivity contribution in [3.8, 4) is 0 Å². The van der Waals surface area contributed by atoms with E-state index in [0.717, 1.165) is 35.3 Å². The molecule has 0 radical (unpaired) electrons. The summed E-state index contributed by atoms with van der Waals surface area (Å²) in [5.41, 5.74) is 5.11. The summed E-state index contributed by atoms with van der Waals surface area (Å²) < 4.78 is 0. The largest absolute Gasteiger partial charge is 0.481 e. The van der Waals surface area contributed by atoms with E-state index in [4.69, 9.17) is 5.11 Å². The smallest absolute Gasteiger partial charge is 0.326 e. The topological polar surface area (TPSA) is 136 Å². The summed E-state index contributed by atoms with van der Waals surface area (Å²) in [5, 5.41) is 14.2. The van der Waals surface area contributed by atoms with Crippen LogP contribution in [0.1, 0.15) is 74.3 Å². The molecule has 5 rings (SSSR count). The Kier molecular flexibility index (Phi) is 8.66. The molecule has 2 aliphatic rings. The zero-order valence-electron chi connectivity index (χ0n) is 23.8. The maximum atomic E-state index is 13.7. The molecular formula is C33H32N4O6. The Bertz CT molecular complexity index is 1610. The second kappa shape index (κ2) is 12.7. The predicted octanol–water partition coefficient (Wildman–Crippen LogP) is 5.31. The van der Waals surface area contributed by atoms with E-state index in [-0.39, 0.29) is 36.9 Å². The molecule has 0 aromatic heterocycles. The molecule has 5 amide bonds. The molecule has 220 valence electrons. The third-order valence-electron chi connectivity index (χ3n) is 7.61. The Labute approximate surface area is 249 Å². The lowest BCUT2D eigenvalue weighted by molar-refractivity contribution is -0.136. The van der Waals surface area contributed by atoms with Gasteiger partial charge >= 0.3 is 12.0 Å². The van der Waals surface area contributed by atoms with E-state index in [0.29, 0.717) is 22.5 Å². The van der Waals surface area contributed by atoms with Crippen molar-refractivity contribution in [2.45, 2.75) is 38.6 Å². The fourth-order valence-corrected chi connectivity index (χ4v) is 5.20. The summed E-state index contributed by atoms with van der Waals surface area (Å²) in [6.07, 6.45) is 6.52. The van der Waals surface area contributed by atoms with Gasteiger partial charge in [-0.05, 0) is 84.8 Å². The fourth-order valence-electron chi connectivity index (χ4n) is 5.20. The number of nitrogens with zero attached hydrogens (tertiary/aromatic N) is 2. The highest BCUT2D eigenvalue weighted by Gasteiger charge is 2.33. The summed E-state index contributed by atoms with van der Waals surface area (Å²) in [6.45, 7) is 0.204. The monoisotopic (exact) mass is 580 g/mol. The van der Waals surface area contributed by atoms with Crippen LogP contribution in [0.5, 0.6) is 0 Å². The van der Waals surface area contributed by atoms with E-state index in [1.54, 1.807) is 35.2 Å². The number of fused-ring (bicyclic) bond motifs is 1. The van der Waals surface area contributed by atoms with E-state index < -0.39 is 17.9 Å². The molecule has 1 heterocycles. The van der Waals surface area contributed by atoms with Gasteiger partial charge in [0.05, 0.1) is 24.1 Å². The van der Waals surface area contributed by atoms with Crippen LogP contribution in [0.4, 0.5) is 16.2 Å². The molecule has 1 aliphatic heterocycles. The highest BCUT2D eigenvalue weighted by molar-refractivity contribution is 6.21. The molecular weight excluding hydrogens is 548 g/mol. The number of carboxylic acids is 1. The van der Waals surface area contributed by atoms with Gasteiger partial charge in [0.25, 0.3) is 17.7 Å². The summed E-state index contributed by atoms with van der Waals surface area (Å²) in [6, 6.07) is 18.7. The molecule has 3 aromatic carbocycles. The van der Waals surface area contributed by atoms with Gasteiger partial charge < -0.3 is 15.7 Å². The SMILES string of the molecule is CN1C(=O)c2ccc(NC(=O)N(Cc3ccc(C(=O)NCCC(=O)O)cc3)c3ccc(C4=CCCCC4)cc3)cc2C1=O. The first-order valence-corrected chi connectivity index (χ1v) is 14.1. The van der Waals surface area contributed by atoms with Crippen LogP contribution in [-0.2, 0) is 11.3 Å². The standard InChI is InChI=1S/C33H32N4O6/c1-36-31(41)27-16-13-25(19-28(27)32(36)42)35-33(43)37(26-14-11-23(12-15-26)22-5-3-2-4-6-22)20-21-7-9-24(10-8-21)30(40)34-18-17-29(38)39/h5,7-16,19H,2-4,6,17-18,20H2,1H3,(H,34,40)(H,35,43)(H,38,39). The lowest BCUT2D eigenvalue weighted by atomic mass is 9.93. The van der Waals surface area contributed by atoms with Crippen LogP contribution < -0.4 is 15.5 Å². The number of aliphatic carboxylic acids is 1. The molecule has 0 saturated heterocycles. The van der Waals surface area contributed by atoms with Crippen LogP contribution in [0, 0.1) is 0 Å². The number of rotatable bonds is 9. The number of allylic oxidation sites excluding steroid dienone is 2. The number of carbonyl (C=O) groups excluding carboxylic acids is 4. The number of carbonyl (C=O) groups is 5. The van der Waals surface area contributed by atoms with Crippen molar-refractivity contribution in [3.05, 3.63) is 101 Å². The van der Waals surface area contributed by atoms with Gasteiger partial charge in [0, 0.05) is 30.5 Å². The molecule has 0 unspecified atom stereocenters. The number of amides is 5. The number of benzene rings is 3. The normalized spacial score (nSPS) is 14.2. The molecule has 0 saturated carbocycles. The van der Waals surface area contributed by atoms with Crippen molar-refractivity contribution >= 4 is 46.7 Å². The number of imide groups is 1. The summed E-state index contributed by atoms with van der Waals surface area (Å²) in [4.78, 5) is 64.2. The van der Waals surface area contributed by atoms with Gasteiger partial charge in [-0.1, -0.05) is 30.3 Å². The van der Waals surface area contributed by atoms with Crippen LogP contribution >= 0.6 is 0 Å². The van der Waals surface area contributed by atoms with Crippen LogP contribution in [0.15, 0.2) is 72.8 Å². The third kappa shape index (κ3) is 6.64. The second-order valence-electron chi connectivity index (χ2n) is 10.6.